The third-order valence-electron chi connectivity index (χ3n) is 2.37. The van der Waals surface area contributed by atoms with Crippen molar-refractivity contribution in [3.8, 4) is 0 Å². The van der Waals surface area contributed by atoms with Gasteiger partial charge in [0.05, 0.1) is 6.54 Å². The summed E-state index contributed by atoms with van der Waals surface area (Å²) < 4.78 is 25.8. The van der Waals surface area contributed by atoms with Crippen LogP contribution in [0.4, 0.5) is 8.78 Å². The second kappa shape index (κ2) is 2.70. The highest BCUT2D eigenvalue weighted by Crippen LogP contribution is 2.33. The van der Waals surface area contributed by atoms with E-state index in [1.54, 1.807) is 6.92 Å². The second-order valence-electron chi connectivity index (χ2n) is 3.69. The molecule has 0 unspecified atom stereocenters. The molecule has 0 radical (unpaired) electrons. The van der Waals surface area contributed by atoms with E-state index in [1.165, 1.54) is 0 Å². The minimum atomic E-state index is -2.47. The predicted molar refractivity (Wildman–Crippen MR) is 40.8 cm³/mol. The summed E-state index contributed by atoms with van der Waals surface area (Å²) in [7, 11) is 0. The molecule has 0 aromatic rings. The fourth-order valence-corrected chi connectivity index (χ4v) is 1.37. The highest BCUT2D eigenvalue weighted by atomic mass is 19.3. The van der Waals surface area contributed by atoms with Gasteiger partial charge in [-0.1, -0.05) is 6.92 Å². The zero-order chi connectivity index (χ0) is 8.65. The fraction of sp³-hybridized carbons (Fsp3) is 1.00. The Kier molecular flexibility index (Phi) is 2.19. The van der Waals surface area contributed by atoms with E-state index < -0.39 is 11.8 Å². The summed E-state index contributed by atoms with van der Waals surface area (Å²) in [5, 5.41) is 0. The summed E-state index contributed by atoms with van der Waals surface area (Å²) in [6.07, 6.45) is 0. The molecule has 1 saturated heterocycles. The molecule has 0 saturated carbocycles. The van der Waals surface area contributed by atoms with Gasteiger partial charge in [0.15, 0.2) is 0 Å². The van der Waals surface area contributed by atoms with Gasteiger partial charge in [-0.15, -0.1) is 0 Å². The first-order valence-electron chi connectivity index (χ1n) is 4.05. The predicted octanol–water partition coefficient (Wildman–Crippen LogP) is 1.98. The molecule has 1 atom stereocenters. The largest absolute Gasteiger partial charge is 0.295 e. The van der Waals surface area contributed by atoms with Crippen molar-refractivity contribution in [1.82, 2.24) is 4.90 Å². The van der Waals surface area contributed by atoms with E-state index in [1.807, 2.05) is 18.7 Å². The molecule has 0 N–H and O–H groups in total. The van der Waals surface area contributed by atoms with Crippen LogP contribution in [0.25, 0.3) is 0 Å². The van der Waals surface area contributed by atoms with Crippen LogP contribution in [0.1, 0.15) is 20.8 Å². The molecule has 3 heteroatoms. The molecule has 1 rings (SSSR count). The Morgan fingerprint density at radius 1 is 1.45 bits per heavy atom. The number of nitrogens with zero attached hydrogens (tertiary/aromatic N) is 1. The smallest absolute Gasteiger partial charge is 0.264 e. The van der Waals surface area contributed by atoms with Crippen LogP contribution < -0.4 is 0 Å². The summed E-state index contributed by atoms with van der Waals surface area (Å²) in [6, 6.07) is 0.242. The lowest BCUT2D eigenvalue weighted by Gasteiger charge is -2.19. The summed E-state index contributed by atoms with van der Waals surface area (Å²) in [6.45, 7) is 5.99. The van der Waals surface area contributed by atoms with E-state index in [2.05, 4.69) is 0 Å². The Balaban J connectivity index is 2.57. The first-order valence-corrected chi connectivity index (χ1v) is 4.05. The van der Waals surface area contributed by atoms with Crippen LogP contribution in [-0.4, -0.2) is 30.0 Å². The maximum Gasteiger partial charge on any atom is 0.264 e. The minimum Gasteiger partial charge on any atom is -0.295 e. The van der Waals surface area contributed by atoms with Gasteiger partial charge in [-0.05, 0) is 13.8 Å². The van der Waals surface area contributed by atoms with Gasteiger partial charge in [0.2, 0.25) is 0 Å². The summed E-state index contributed by atoms with van der Waals surface area (Å²) >= 11 is 0. The first-order chi connectivity index (χ1) is 4.93. The van der Waals surface area contributed by atoms with Gasteiger partial charge < -0.3 is 0 Å². The van der Waals surface area contributed by atoms with Crippen molar-refractivity contribution in [3.05, 3.63) is 0 Å². The number of hydrogen-bond donors (Lipinski definition) is 0. The Morgan fingerprint density at radius 3 is 2.18 bits per heavy atom. The summed E-state index contributed by atoms with van der Waals surface area (Å²) in [4.78, 5) is 1.82. The van der Waals surface area contributed by atoms with Crippen molar-refractivity contribution in [2.45, 2.75) is 32.7 Å². The molecule has 1 fully saturated rings. The molecule has 1 heterocycles. The lowest BCUT2D eigenvalue weighted by Crippen LogP contribution is -2.31. The SMILES string of the molecule is CC(C)N1C[C@H](C)C(F)(F)C1. The van der Waals surface area contributed by atoms with Crippen LogP contribution in [0.15, 0.2) is 0 Å². The summed E-state index contributed by atoms with van der Waals surface area (Å²) in [5.74, 6) is -2.95. The van der Waals surface area contributed by atoms with Gasteiger partial charge in [0.1, 0.15) is 0 Å². The molecule has 1 nitrogen and oxygen atoms in total. The summed E-state index contributed by atoms with van der Waals surface area (Å²) in [5.41, 5.74) is 0. The van der Waals surface area contributed by atoms with Crippen molar-refractivity contribution < 1.29 is 8.78 Å². The Labute approximate surface area is 66.4 Å². The maximum atomic E-state index is 12.9. The average Bonchev–Trinajstić information content (AvgIpc) is 2.08. The van der Waals surface area contributed by atoms with Gasteiger partial charge in [-0.25, -0.2) is 8.78 Å². The number of rotatable bonds is 1. The van der Waals surface area contributed by atoms with Crippen LogP contribution >= 0.6 is 0 Å². The third-order valence-corrected chi connectivity index (χ3v) is 2.37. The molecule has 0 aromatic heterocycles. The molecule has 1 aliphatic rings. The number of alkyl halides is 2. The highest BCUT2D eigenvalue weighted by Gasteiger charge is 2.45. The zero-order valence-corrected chi connectivity index (χ0v) is 7.27. The molecular formula is C8H15F2N. The van der Waals surface area contributed by atoms with Gasteiger partial charge in [-0.2, -0.15) is 0 Å². The Morgan fingerprint density at radius 2 is 2.00 bits per heavy atom. The van der Waals surface area contributed by atoms with E-state index in [9.17, 15) is 8.78 Å². The molecule has 66 valence electrons. The van der Waals surface area contributed by atoms with Crippen LogP contribution in [0.3, 0.4) is 0 Å². The van der Waals surface area contributed by atoms with Crippen LogP contribution in [0.5, 0.6) is 0 Å². The van der Waals surface area contributed by atoms with Crippen LogP contribution in [0.2, 0.25) is 0 Å². The molecule has 0 bridgehead atoms. The van der Waals surface area contributed by atoms with Gasteiger partial charge in [-0.3, -0.25) is 4.90 Å². The number of likely N-dealkylation sites (tertiary alicyclic amines) is 1. The molecule has 0 amide bonds. The first kappa shape index (κ1) is 8.91. The monoisotopic (exact) mass is 163 g/mol. The topological polar surface area (TPSA) is 3.24 Å². The van der Waals surface area contributed by atoms with Crippen LogP contribution in [0, 0.1) is 5.92 Å². The normalized spacial score (nSPS) is 31.6. The lowest BCUT2D eigenvalue weighted by atomic mass is 10.1. The molecule has 1 aliphatic heterocycles. The molecule has 0 aliphatic carbocycles. The van der Waals surface area contributed by atoms with Crippen molar-refractivity contribution in [3.63, 3.8) is 0 Å². The highest BCUT2D eigenvalue weighted by molar-refractivity contribution is 4.88. The van der Waals surface area contributed by atoms with E-state index in [0.29, 0.717) is 6.54 Å². The maximum absolute atomic E-state index is 12.9. The minimum absolute atomic E-state index is 0.0637. The second-order valence-corrected chi connectivity index (χ2v) is 3.69. The quantitative estimate of drug-likeness (QED) is 0.571. The molecular weight excluding hydrogens is 148 g/mol. The van der Waals surface area contributed by atoms with E-state index in [0.717, 1.165) is 0 Å². The zero-order valence-electron chi connectivity index (χ0n) is 7.27. The van der Waals surface area contributed by atoms with E-state index in [4.69, 9.17) is 0 Å². The van der Waals surface area contributed by atoms with Crippen molar-refractivity contribution >= 4 is 0 Å². The number of hydrogen-bond acceptors (Lipinski definition) is 1. The third kappa shape index (κ3) is 1.70. The molecule has 0 spiro atoms. The standard InChI is InChI=1S/C8H15F2N/c1-6(2)11-4-7(3)8(9,10)5-11/h6-7H,4-5H2,1-3H3/t7-/m0/s1. The Bertz CT molecular complexity index is 145. The van der Waals surface area contributed by atoms with Crippen molar-refractivity contribution in [1.29, 1.82) is 0 Å². The number of halogens is 2. The van der Waals surface area contributed by atoms with E-state index in [-0.39, 0.29) is 12.6 Å². The Hall–Kier alpha value is -0.180. The molecule has 11 heavy (non-hydrogen) atoms. The van der Waals surface area contributed by atoms with Gasteiger partial charge >= 0.3 is 0 Å². The van der Waals surface area contributed by atoms with Crippen LogP contribution in [-0.2, 0) is 0 Å². The van der Waals surface area contributed by atoms with Gasteiger partial charge in [0, 0.05) is 18.5 Å². The van der Waals surface area contributed by atoms with E-state index >= 15 is 0 Å². The average molecular weight is 163 g/mol. The van der Waals surface area contributed by atoms with Crippen molar-refractivity contribution in [2.24, 2.45) is 5.92 Å². The van der Waals surface area contributed by atoms with Gasteiger partial charge in [0.25, 0.3) is 5.92 Å². The lowest BCUT2D eigenvalue weighted by molar-refractivity contribution is -0.0224. The van der Waals surface area contributed by atoms with Crippen molar-refractivity contribution in [2.75, 3.05) is 13.1 Å². The molecule has 0 aromatic carbocycles. The fourth-order valence-electron chi connectivity index (χ4n) is 1.37.